The van der Waals surface area contributed by atoms with Crippen molar-refractivity contribution in [3.05, 3.63) is 60.2 Å². The van der Waals surface area contributed by atoms with Gasteiger partial charge in [0.2, 0.25) is 5.91 Å². The first-order valence-corrected chi connectivity index (χ1v) is 10.2. The molecule has 0 N–H and O–H groups in total. The lowest BCUT2D eigenvalue weighted by molar-refractivity contribution is -0.136. The van der Waals surface area contributed by atoms with Crippen molar-refractivity contribution in [1.29, 1.82) is 0 Å². The molecular formula is C23H29N3O2. The van der Waals surface area contributed by atoms with Crippen LogP contribution < -0.4 is 9.64 Å². The minimum absolute atomic E-state index is 0.169. The van der Waals surface area contributed by atoms with Gasteiger partial charge < -0.3 is 14.5 Å². The van der Waals surface area contributed by atoms with E-state index in [2.05, 4.69) is 34.1 Å². The maximum atomic E-state index is 13.3. The predicted molar refractivity (Wildman–Crippen MR) is 112 cm³/mol. The number of methoxy groups -OCH3 is 1. The SMILES string of the molecule is COc1ccc(N2CCN([C@H](C(=O)N3CCCC3)c3ccccc3)CC2)cc1. The van der Waals surface area contributed by atoms with Crippen LogP contribution in [0.2, 0.25) is 0 Å². The number of hydrogen-bond donors (Lipinski definition) is 0. The Labute approximate surface area is 167 Å². The summed E-state index contributed by atoms with van der Waals surface area (Å²) in [6, 6.07) is 18.3. The summed E-state index contributed by atoms with van der Waals surface area (Å²) < 4.78 is 5.26. The maximum absolute atomic E-state index is 13.3. The van der Waals surface area contributed by atoms with E-state index in [-0.39, 0.29) is 11.9 Å². The van der Waals surface area contributed by atoms with Crippen LogP contribution in [0.15, 0.2) is 54.6 Å². The zero-order valence-electron chi connectivity index (χ0n) is 16.6. The lowest BCUT2D eigenvalue weighted by Gasteiger charge is -2.40. The van der Waals surface area contributed by atoms with E-state index >= 15 is 0 Å². The number of carbonyl (C=O) groups excluding carboxylic acids is 1. The van der Waals surface area contributed by atoms with E-state index in [0.29, 0.717) is 0 Å². The minimum Gasteiger partial charge on any atom is -0.497 e. The summed E-state index contributed by atoms with van der Waals surface area (Å²) in [5.41, 5.74) is 2.32. The average Bonchev–Trinajstić information content (AvgIpc) is 3.30. The highest BCUT2D eigenvalue weighted by molar-refractivity contribution is 5.83. The number of benzene rings is 2. The number of hydrogen-bond acceptors (Lipinski definition) is 4. The van der Waals surface area contributed by atoms with Gasteiger partial charge in [-0.25, -0.2) is 0 Å². The van der Waals surface area contributed by atoms with Crippen LogP contribution in [0.1, 0.15) is 24.4 Å². The Morgan fingerprint density at radius 1 is 0.857 bits per heavy atom. The number of ether oxygens (including phenoxy) is 1. The van der Waals surface area contributed by atoms with E-state index in [1.54, 1.807) is 7.11 Å². The van der Waals surface area contributed by atoms with Gasteiger partial charge >= 0.3 is 0 Å². The van der Waals surface area contributed by atoms with E-state index < -0.39 is 0 Å². The molecule has 2 aromatic rings. The quantitative estimate of drug-likeness (QED) is 0.799. The van der Waals surface area contributed by atoms with Crippen LogP contribution in [0.25, 0.3) is 0 Å². The number of amides is 1. The molecule has 2 aromatic carbocycles. The highest BCUT2D eigenvalue weighted by Crippen LogP contribution is 2.28. The van der Waals surface area contributed by atoms with Crippen LogP contribution in [0.5, 0.6) is 5.75 Å². The number of piperazine rings is 1. The van der Waals surface area contributed by atoms with Gasteiger partial charge in [0.1, 0.15) is 11.8 Å². The molecule has 148 valence electrons. The highest BCUT2D eigenvalue weighted by atomic mass is 16.5. The highest BCUT2D eigenvalue weighted by Gasteiger charge is 2.34. The van der Waals surface area contributed by atoms with Crippen LogP contribution in [0, 0.1) is 0 Å². The Morgan fingerprint density at radius 2 is 1.50 bits per heavy atom. The van der Waals surface area contributed by atoms with E-state index in [0.717, 1.165) is 63.4 Å². The zero-order chi connectivity index (χ0) is 19.3. The Bertz CT molecular complexity index is 764. The fourth-order valence-electron chi connectivity index (χ4n) is 4.29. The van der Waals surface area contributed by atoms with Gasteiger partial charge in [-0.1, -0.05) is 30.3 Å². The smallest absolute Gasteiger partial charge is 0.244 e. The molecule has 0 saturated carbocycles. The molecule has 0 radical (unpaired) electrons. The largest absolute Gasteiger partial charge is 0.497 e. The lowest BCUT2D eigenvalue weighted by atomic mass is 10.0. The summed E-state index contributed by atoms with van der Waals surface area (Å²) in [7, 11) is 1.69. The fourth-order valence-corrected chi connectivity index (χ4v) is 4.29. The molecule has 5 heteroatoms. The lowest BCUT2D eigenvalue weighted by Crippen LogP contribution is -2.51. The molecule has 28 heavy (non-hydrogen) atoms. The van der Waals surface area contributed by atoms with Gasteiger partial charge in [0.25, 0.3) is 0 Å². The van der Waals surface area contributed by atoms with E-state index in [9.17, 15) is 4.79 Å². The normalized spacial score (nSPS) is 18.9. The standard InChI is InChI=1S/C23H29N3O2/c1-28-21-11-9-20(10-12-21)24-15-17-25(18-16-24)22(19-7-3-2-4-8-19)23(27)26-13-5-6-14-26/h2-4,7-12,22H,5-6,13-18H2,1H3/t22-/m0/s1. The van der Waals surface area contributed by atoms with E-state index in [4.69, 9.17) is 4.74 Å². The fraction of sp³-hybridized carbons (Fsp3) is 0.435. The molecule has 0 spiro atoms. The topological polar surface area (TPSA) is 36.0 Å². The van der Waals surface area contributed by atoms with E-state index in [1.807, 2.05) is 35.2 Å². The first kappa shape index (κ1) is 18.8. The Morgan fingerprint density at radius 3 is 2.11 bits per heavy atom. The van der Waals surface area contributed by atoms with Crippen molar-refractivity contribution in [1.82, 2.24) is 9.80 Å². The van der Waals surface area contributed by atoms with Crippen molar-refractivity contribution in [2.24, 2.45) is 0 Å². The van der Waals surface area contributed by atoms with Crippen molar-refractivity contribution in [2.75, 3.05) is 51.3 Å². The Balaban J connectivity index is 1.48. The van der Waals surface area contributed by atoms with Crippen molar-refractivity contribution in [3.63, 3.8) is 0 Å². The van der Waals surface area contributed by atoms with Crippen LogP contribution in [0.3, 0.4) is 0 Å². The molecule has 0 aliphatic carbocycles. The zero-order valence-corrected chi connectivity index (χ0v) is 16.6. The summed E-state index contributed by atoms with van der Waals surface area (Å²) in [5.74, 6) is 1.14. The first-order valence-electron chi connectivity index (χ1n) is 10.2. The van der Waals surface area contributed by atoms with Crippen LogP contribution >= 0.6 is 0 Å². The molecule has 0 bridgehead atoms. The first-order chi connectivity index (χ1) is 13.8. The van der Waals surface area contributed by atoms with Crippen molar-refractivity contribution in [3.8, 4) is 5.75 Å². The predicted octanol–water partition coefficient (Wildman–Crippen LogP) is 3.18. The van der Waals surface area contributed by atoms with Crippen LogP contribution in [0.4, 0.5) is 5.69 Å². The molecule has 4 rings (SSSR count). The average molecular weight is 380 g/mol. The van der Waals surface area contributed by atoms with Gasteiger partial charge in [-0.2, -0.15) is 0 Å². The second-order valence-corrected chi connectivity index (χ2v) is 7.57. The summed E-state index contributed by atoms with van der Waals surface area (Å²) in [5, 5.41) is 0. The van der Waals surface area contributed by atoms with Gasteiger partial charge in [0.05, 0.1) is 7.11 Å². The summed E-state index contributed by atoms with van der Waals surface area (Å²) in [4.78, 5) is 20.1. The molecule has 1 atom stereocenters. The summed E-state index contributed by atoms with van der Waals surface area (Å²) >= 11 is 0. The molecule has 0 unspecified atom stereocenters. The number of carbonyl (C=O) groups is 1. The van der Waals surface area contributed by atoms with Crippen molar-refractivity contribution < 1.29 is 9.53 Å². The van der Waals surface area contributed by atoms with Crippen molar-refractivity contribution in [2.45, 2.75) is 18.9 Å². The second-order valence-electron chi connectivity index (χ2n) is 7.57. The Kier molecular flexibility index (Phi) is 5.81. The van der Waals surface area contributed by atoms with Crippen LogP contribution in [-0.2, 0) is 4.79 Å². The number of likely N-dealkylation sites (tertiary alicyclic amines) is 1. The van der Waals surface area contributed by atoms with E-state index in [1.165, 1.54) is 5.69 Å². The summed E-state index contributed by atoms with van der Waals surface area (Å²) in [6.07, 6.45) is 2.25. The molecule has 5 nitrogen and oxygen atoms in total. The maximum Gasteiger partial charge on any atom is 0.244 e. The minimum atomic E-state index is -0.169. The van der Waals surface area contributed by atoms with Gasteiger partial charge in [0, 0.05) is 45.0 Å². The van der Waals surface area contributed by atoms with Crippen molar-refractivity contribution >= 4 is 11.6 Å². The monoisotopic (exact) mass is 379 g/mol. The van der Waals surface area contributed by atoms with Crippen LogP contribution in [-0.4, -0.2) is 62.1 Å². The number of anilines is 1. The molecule has 2 saturated heterocycles. The molecule has 1 amide bonds. The molecule has 2 heterocycles. The molecular weight excluding hydrogens is 350 g/mol. The third-order valence-electron chi connectivity index (χ3n) is 5.88. The summed E-state index contributed by atoms with van der Waals surface area (Å²) in [6.45, 7) is 5.39. The molecule has 0 aromatic heterocycles. The number of nitrogens with zero attached hydrogens (tertiary/aromatic N) is 3. The molecule has 2 aliphatic rings. The third kappa shape index (κ3) is 3.99. The molecule has 2 fully saturated rings. The van der Waals surface area contributed by atoms with Gasteiger partial charge in [-0.3, -0.25) is 9.69 Å². The number of rotatable bonds is 5. The van der Waals surface area contributed by atoms with Gasteiger partial charge in [-0.05, 0) is 42.7 Å². The van der Waals surface area contributed by atoms with Gasteiger partial charge in [-0.15, -0.1) is 0 Å². The molecule has 2 aliphatic heterocycles. The second kappa shape index (κ2) is 8.65. The van der Waals surface area contributed by atoms with Gasteiger partial charge in [0.15, 0.2) is 0 Å². The Hall–Kier alpha value is -2.53. The third-order valence-corrected chi connectivity index (χ3v) is 5.88.